The van der Waals surface area contributed by atoms with Crippen LogP contribution < -0.4 is 26.2 Å². The third-order valence-corrected chi connectivity index (χ3v) is 14.7. The number of methoxy groups -OCH3 is 1. The molecule has 4 atom stereocenters. The number of fused-ring (bicyclic) bond motifs is 4. The van der Waals surface area contributed by atoms with Gasteiger partial charge in [-0.25, -0.2) is 17.6 Å². The van der Waals surface area contributed by atoms with E-state index < -0.39 is 78.7 Å². The highest BCUT2D eigenvalue weighted by molar-refractivity contribution is 6.31. The van der Waals surface area contributed by atoms with Crippen LogP contribution in [0.2, 0.25) is 10.0 Å². The molecular weight excluding hydrogens is 955 g/mol. The Morgan fingerprint density at radius 1 is 0.754 bits per heavy atom. The van der Waals surface area contributed by atoms with Crippen molar-refractivity contribution in [2.45, 2.75) is 74.8 Å². The summed E-state index contributed by atoms with van der Waals surface area (Å²) < 4.78 is 75.3. The Labute approximate surface area is 400 Å². The second-order valence-corrected chi connectivity index (χ2v) is 18.4. The molecule has 4 aromatic rings. The maximum Gasteiger partial charge on any atom is 0.275 e. The molecule has 8 heterocycles. The minimum absolute atomic E-state index is 0.0435. The first-order chi connectivity index (χ1) is 33.1. The number of rotatable bonds is 7. The Morgan fingerprint density at radius 2 is 1.29 bits per heavy atom. The Kier molecular flexibility index (Phi) is 12.9. The number of carbonyl (C=O) groups excluding carboxylic acids is 4. The van der Waals surface area contributed by atoms with E-state index in [1.165, 1.54) is 24.1 Å². The number of amides is 4. The molecular formula is C47H44Cl2F4N6O10. The van der Waals surface area contributed by atoms with Crippen LogP contribution in [0.25, 0.3) is 0 Å². The van der Waals surface area contributed by atoms with Gasteiger partial charge in [0.05, 0.1) is 43.5 Å². The first-order valence-electron chi connectivity index (χ1n) is 22.1. The molecule has 2 aromatic carbocycles. The van der Waals surface area contributed by atoms with E-state index in [2.05, 4.69) is 10.6 Å². The first-order valence-corrected chi connectivity index (χ1v) is 22.9. The van der Waals surface area contributed by atoms with Gasteiger partial charge in [-0.1, -0.05) is 47.5 Å². The van der Waals surface area contributed by atoms with Gasteiger partial charge in [0.25, 0.3) is 23.6 Å². The van der Waals surface area contributed by atoms with E-state index in [0.717, 1.165) is 37.1 Å². The van der Waals surface area contributed by atoms with Crippen LogP contribution in [0.3, 0.4) is 0 Å². The van der Waals surface area contributed by atoms with Gasteiger partial charge in [0.2, 0.25) is 10.9 Å². The van der Waals surface area contributed by atoms with Crippen LogP contribution in [0.1, 0.15) is 103 Å². The third-order valence-electron chi connectivity index (χ3n) is 14.0. The molecule has 0 unspecified atom stereocenters. The van der Waals surface area contributed by atoms with Crippen LogP contribution in [-0.4, -0.2) is 105 Å². The number of hydrogen-bond donors (Lipinski definition) is 3. The molecule has 10 rings (SSSR count). The molecule has 16 nitrogen and oxygen atoms in total. The van der Waals surface area contributed by atoms with Gasteiger partial charge in [0.15, 0.2) is 22.9 Å². The molecule has 6 aliphatic rings. The Bertz CT molecular complexity index is 2980. The fourth-order valence-corrected chi connectivity index (χ4v) is 11.0. The molecule has 2 spiro atoms. The third kappa shape index (κ3) is 7.84. The molecule has 3 N–H and O–H groups in total. The van der Waals surface area contributed by atoms with Crippen molar-refractivity contribution in [2.75, 3.05) is 46.6 Å². The zero-order valence-corrected chi connectivity index (χ0v) is 38.4. The van der Waals surface area contributed by atoms with Crippen molar-refractivity contribution in [3.8, 4) is 11.5 Å². The Hall–Kier alpha value is -6.22. The predicted molar refractivity (Wildman–Crippen MR) is 239 cm³/mol. The lowest BCUT2D eigenvalue weighted by atomic mass is 9.75. The molecule has 6 aliphatic heterocycles. The van der Waals surface area contributed by atoms with Crippen molar-refractivity contribution in [1.82, 2.24) is 29.6 Å². The average Bonchev–Trinajstić information content (AvgIpc) is 3.35. The molecule has 0 aliphatic carbocycles. The van der Waals surface area contributed by atoms with Crippen molar-refractivity contribution in [3.05, 3.63) is 136 Å². The van der Waals surface area contributed by atoms with Crippen LogP contribution >= 0.6 is 23.2 Å². The lowest BCUT2D eigenvalue weighted by molar-refractivity contribution is -0.0944. The lowest BCUT2D eigenvalue weighted by Crippen LogP contribution is -2.66. The second-order valence-electron chi connectivity index (χ2n) is 17.6. The number of nitrogens with zero attached hydrogens (tertiary/aromatic N) is 4. The van der Waals surface area contributed by atoms with E-state index >= 15 is 0 Å². The summed E-state index contributed by atoms with van der Waals surface area (Å²) in [4.78, 5) is 82.3. The standard InChI is InChI=1S/C24H22ClF2N3O5.C23H22ClF2N3O5/c1-34-21-19-23(33)30-8-3-2-7-24(30)12-35-9-6-16(24)29(19)11-14(20(21)31)22(32)28-10-13-4-5-15(26)17(25)18(13)27;24-16-14(25)4-3-12(17(16)26)9-27-21(32)13-10-28-15-5-8-34-11-23(15)6-1-2-7-29(23)22(33)18(28)20(31)19(13)30/h2-5,11,16H,6-10,12H2,1H3,(H,28,32);3-4,10,15,31H,1-2,5-9,11H2,(H,27,32)/t16-,24+;15-,23+/m00/s1. The highest BCUT2D eigenvalue weighted by Crippen LogP contribution is 2.48. The lowest BCUT2D eigenvalue weighted by Gasteiger charge is -2.57. The maximum atomic E-state index is 14.3. The van der Waals surface area contributed by atoms with E-state index in [0.29, 0.717) is 65.2 Å². The number of aromatic hydroxyl groups is 1. The smallest absolute Gasteiger partial charge is 0.275 e. The molecule has 3 saturated heterocycles. The number of aromatic nitrogens is 2. The molecule has 4 amide bonds. The molecule has 0 saturated carbocycles. The van der Waals surface area contributed by atoms with Crippen molar-refractivity contribution >= 4 is 46.8 Å². The number of piperidine rings is 1. The van der Waals surface area contributed by atoms with E-state index in [9.17, 15) is 51.4 Å². The number of hydrogen-bond acceptors (Lipinski definition) is 10. The van der Waals surface area contributed by atoms with E-state index in [1.54, 1.807) is 14.4 Å². The molecule has 3 fully saturated rings. The Balaban J connectivity index is 0.000000172. The molecule has 2 aromatic heterocycles. The second kappa shape index (κ2) is 18.6. The van der Waals surface area contributed by atoms with Gasteiger partial charge in [0, 0.05) is 62.9 Å². The SMILES string of the molecule is COc1c2n(cc(C(=O)NCc3ccc(F)c(Cl)c3F)c1=O)[C@H]1CCOC[C@]13CC=CCN3C2=O.O=C(NCc1ccc(F)c(Cl)c1F)c1cn2c(c(O)c1=O)C(=O)N1CCCC[C@]13COCC[C@H]23. The minimum Gasteiger partial charge on any atom is -0.503 e. The van der Waals surface area contributed by atoms with Crippen molar-refractivity contribution in [3.63, 3.8) is 0 Å². The first kappa shape index (κ1) is 47.8. The minimum atomic E-state index is -1.01. The fraction of sp³-hybridized carbons (Fsp3) is 0.404. The van der Waals surface area contributed by atoms with Crippen LogP contribution in [0, 0.1) is 23.3 Å². The summed E-state index contributed by atoms with van der Waals surface area (Å²) in [6.45, 7) is 1.75. The molecule has 0 bridgehead atoms. The monoisotopic (exact) mass is 998 g/mol. The Morgan fingerprint density at radius 3 is 1.88 bits per heavy atom. The van der Waals surface area contributed by atoms with Crippen LogP contribution in [-0.2, 0) is 22.6 Å². The van der Waals surface area contributed by atoms with Gasteiger partial charge in [-0.05, 0) is 50.7 Å². The van der Waals surface area contributed by atoms with Crippen molar-refractivity contribution in [1.29, 1.82) is 0 Å². The number of benzene rings is 2. The number of halogens is 6. The average molecular weight is 1000 g/mol. The summed E-state index contributed by atoms with van der Waals surface area (Å²) in [6, 6.07) is 3.73. The highest BCUT2D eigenvalue weighted by atomic mass is 35.5. The highest BCUT2D eigenvalue weighted by Gasteiger charge is 2.56. The zero-order chi connectivity index (χ0) is 49.1. The number of ether oxygens (including phenoxy) is 3. The van der Waals surface area contributed by atoms with Gasteiger partial charge in [-0.3, -0.25) is 28.8 Å². The predicted octanol–water partition coefficient (Wildman–Crippen LogP) is 5.59. The van der Waals surface area contributed by atoms with Crippen LogP contribution in [0.15, 0.2) is 58.4 Å². The van der Waals surface area contributed by atoms with Crippen molar-refractivity contribution in [2.24, 2.45) is 0 Å². The van der Waals surface area contributed by atoms with E-state index in [1.807, 2.05) is 12.2 Å². The van der Waals surface area contributed by atoms with E-state index in [4.69, 9.17) is 37.4 Å². The molecule has 364 valence electrons. The fourth-order valence-electron chi connectivity index (χ4n) is 10.6. The normalized spacial score (nSPS) is 23.2. The van der Waals surface area contributed by atoms with Gasteiger partial charge in [-0.2, -0.15) is 0 Å². The van der Waals surface area contributed by atoms with Gasteiger partial charge >= 0.3 is 0 Å². The summed E-state index contributed by atoms with van der Waals surface area (Å²) in [6.07, 6.45) is 10.7. The van der Waals surface area contributed by atoms with Crippen molar-refractivity contribution < 1.29 is 56.1 Å². The van der Waals surface area contributed by atoms with Crippen LogP contribution in [0.4, 0.5) is 17.6 Å². The summed E-state index contributed by atoms with van der Waals surface area (Å²) in [7, 11) is 1.27. The summed E-state index contributed by atoms with van der Waals surface area (Å²) >= 11 is 11.2. The zero-order valence-electron chi connectivity index (χ0n) is 36.9. The topological polar surface area (TPSA) is 191 Å². The maximum absolute atomic E-state index is 14.3. The summed E-state index contributed by atoms with van der Waals surface area (Å²) in [5, 5.41) is 14.2. The van der Waals surface area contributed by atoms with Gasteiger partial charge in [0.1, 0.15) is 44.4 Å². The number of carbonyl (C=O) groups is 4. The molecule has 0 radical (unpaired) electrons. The molecule has 22 heteroatoms. The van der Waals surface area contributed by atoms with Crippen LogP contribution in [0.5, 0.6) is 11.5 Å². The van der Waals surface area contributed by atoms with Gasteiger partial charge < -0.3 is 48.9 Å². The largest absolute Gasteiger partial charge is 0.503 e. The quantitative estimate of drug-likeness (QED) is 0.120. The summed E-state index contributed by atoms with van der Waals surface area (Å²) in [5.41, 5.74) is -3.80. The molecule has 69 heavy (non-hydrogen) atoms. The van der Waals surface area contributed by atoms with Gasteiger partial charge in [-0.15, -0.1) is 0 Å². The van der Waals surface area contributed by atoms with E-state index in [-0.39, 0.29) is 70.5 Å². The number of nitrogens with one attached hydrogen (secondary N) is 2. The summed E-state index contributed by atoms with van der Waals surface area (Å²) in [5.74, 6) is -7.37. The number of pyridine rings is 2.